The Morgan fingerprint density at radius 1 is 0.443 bits per heavy atom. The summed E-state index contributed by atoms with van der Waals surface area (Å²) in [6.07, 6.45) is 4.26. The average molecular weight is 1030 g/mol. The van der Waals surface area contributed by atoms with Gasteiger partial charge in [-0.05, 0) is 207 Å². The minimum atomic E-state index is -0.372. The lowest BCUT2D eigenvalue weighted by Crippen LogP contribution is -2.61. The maximum atomic E-state index is 2.76. The number of aryl methyl sites for hydroxylation is 3. The number of hydrogen-bond acceptors (Lipinski definition) is 3. The first kappa shape index (κ1) is 49.7. The summed E-state index contributed by atoms with van der Waals surface area (Å²) in [7, 11) is 0. The molecule has 9 aromatic carbocycles. The summed E-state index contributed by atoms with van der Waals surface area (Å²) >= 11 is 0. The highest BCUT2D eigenvalue weighted by atomic mass is 15.3. The lowest BCUT2D eigenvalue weighted by molar-refractivity contribution is 0.245. The van der Waals surface area contributed by atoms with Crippen molar-refractivity contribution in [3.05, 3.63) is 232 Å². The highest BCUT2D eigenvalue weighted by Gasteiger charge is 2.60. The number of benzene rings is 9. The SMILES string of the molecule is Cc1cc2c3c(c1)N(c1ccc(C(C)(C)C)cc1-c1ccccc1)c1cc4c(cc1B3c1ccc(N3c5ccc(-c6ccccc6)cc5C5(C)CCc6ccccc6C35C)cc1N2c1ccc(C(C)(C)C)cc1C)CC(C)(C)C4. The Bertz CT molecular complexity index is 3990. The summed E-state index contributed by atoms with van der Waals surface area (Å²) in [6.45, 7) is 28.7. The molecule has 9 aromatic rings. The molecular weight excluding hydrogens is 954 g/mol. The molecule has 3 heterocycles. The first-order valence-electron chi connectivity index (χ1n) is 29.2. The van der Waals surface area contributed by atoms with Gasteiger partial charge in [0.25, 0.3) is 6.71 Å². The zero-order chi connectivity index (χ0) is 54.7. The van der Waals surface area contributed by atoms with Gasteiger partial charge >= 0.3 is 0 Å². The van der Waals surface area contributed by atoms with Crippen LogP contribution in [-0.4, -0.2) is 6.71 Å². The molecule has 392 valence electrons. The van der Waals surface area contributed by atoms with Gasteiger partial charge < -0.3 is 14.7 Å². The Morgan fingerprint density at radius 2 is 1.04 bits per heavy atom. The maximum absolute atomic E-state index is 2.76. The van der Waals surface area contributed by atoms with Gasteiger partial charge in [-0.15, -0.1) is 0 Å². The van der Waals surface area contributed by atoms with Crippen molar-refractivity contribution in [1.82, 2.24) is 0 Å². The van der Waals surface area contributed by atoms with Crippen LogP contribution in [-0.2, 0) is 41.0 Å². The second-order valence-electron chi connectivity index (χ2n) is 27.4. The van der Waals surface area contributed by atoms with Crippen LogP contribution in [0.1, 0.15) is 126 Å². The van der Waals surface area contributed by atoms with E-state index in [-0.39, 0.29) is 33.9 Å². The minimum Gasteiger partial charge on any atom is -0.330 e. The van der Waals surface area contributed by atoms with Crippen molar-refractivity contribution in [2.24, 2.45) is 5.41 Å². The molecule has 0 amide bonds. The molecule has 79 heavy (non-hydrogen) atoms. The molecule has 0 fully saturated rings. The van der Waals surface area contributed by atoms with Crippen LogP contribution in [0.3, 0.4) is 0 Å². The molecule has 2 unspecified atom stereocenters. The van der Waals surface area contributed by atoms with Crippen LogP contribution in [0.25, 0.3) is 22.3 Å². The summed E-state index contributed by atoms with van der Waals surface area (Å²) in [6, 6.07) is 71.3. The van der Waals surface area contributed by atoms with Crippen LogP contribution in [0.2, 0.25) is 0 Å². The third-order valence-electron chi connectivity index (χ3n) is 19.5. The van der Waals surface area contributed by atoms with Gasteiger partial charge in [0.15, 0.2) is 0 Å². The number of anilines is 8. The Hall–Kier alpha value is -7.56. The van der Waals surface area contributed by atoms with Gasteiger partial charge in [-0.25, -0.2) is 0 Å². The molecule has 0 radical (unpaired) electrons. The summed E-state index contributed by atoms with van der Waals surface area (Å²) in [4.78, 5) is 8.12. The Morgan fingerprint density at radius 3 is 1.72 bits per heavy atom. The number of rotatable bonds is 5. The van der Waals surface area contributed by atoms with Gasteiger partial charge in [0, 0.05) is 50.8 Å². The summed E-state index contributed by atoms with van der Waals surface area (Å²) < 4.78 is 0. The van der Waals surface area contributed by atoms with E-state index in [0.29, 0.717) is 0 Å². The van der Waals surface area contributed by atoms with E-state index in [2.05, 4.69) is 280 Å². The van der Waals surface area contributed by atoms with E-state index in [4.69, 9.17) is 0 Å². The Kier molecular flexibility index (Phi) is 10.8. The fraction of sp³-hybridized carbons (Fsp3) is 0.280. The van der Waals surface area contributed by atoms with Crippen molar-refractivity contribution in [2.75, 3.05) is 14.7 Å². The van der Waals surface area contributed by atoms with E-state index in [0.717, 1.165) is 25.7 Å². The molecule has 3 aliphatic heterocycles. The molecule has 2 aliphatic carbocycles. The van der Waals surface area contributed by atoms with E-state index in [1.165, 1.54) is 134 Å². The molecule has 14 rings (SSSR count). The molecule has 0 saturated carbocycles. The number of fused-ring (bicyclic) bond motifs is 10. The van der Waals surface area contributed by atoms with E-state index < -0.39 is 0 Å². The monoisotopic (exact) mass is 1030 g/mol. The third-order valence-corrected chi connectivity index (χ3v) is 19.5. The number of nitrogens with zero attached hydrogens (tertiary/aromatic N) is 3. The molecule has 0 bridgehead atoms. The van der Waals surface area contributed by atoms with Crippen molar-refractivity contribution >= 4 is 68.6 Å². The fourth-order valence-electron chi connectivity index (χ4n) is 15.3. The van der Waals surface area contributed by atoms with Crippen molar-refractivity contribution < 1.29 is 0 Å². The van der Waals surface area contributed by atoms with Crippen molar-refractivity contribution in [2.45, 2.75) is 131 Å². The minimum absolute atomic E-state index is 0.00377. The first-order chi connectivity index (χ1) is 37.7. The van der Waals surface area contributed by atoms with Gasteiger partial charge in [0.05, 0.1) is 11.2 Å². The largest absolute Gasteiger partial charge is 0.330 e. The molecule has 0 aromatic heterocycles. The second kappa shape index (κ2) is 17.2. The van der Waals surface area contributed by atoms with Gasteiger partial charge in [-0.3, -0.25) is 0 Å². The average Bonchev–Trinajstić information content (AvgIpc) is 2.92. The predicted octanol–water partition coefficient (Wildman–Crippen LogP) is 17.7. The topological polar surface area (TPSA) is 9.72 Å². The first-order valence-corrected chi connectivity index (χ1v) is 29.2. The Balaban J connectivity index is 1.06. The van der Waals surface area contributed by atoms with E-state index in [9.17, 15) is 0 Å². The van der Waals surface area contributed by atoms with Crippen LogP contribution in [0.4, 0.5) is 45.5 Å². The highest BCUT2D eigenvalue weighted by Crippen LogP contribution is 2.64. The van der Waals surface area contributed by atoms with Crippen LogP contribution in [0.5, 0.6) is 0 Å². The fourth-order valence-corrected chi connectivity index (χ4v) is 15.3. The number of hydrogen-bond donors (Lipinski definition) is 0. The summed E-state index contributed by atoms with van der Waals surface area (Å²) in [5, 5.41) is 0. The van der Waals surface area contributed by atoms with Crippen LogP contribution >= 0.6 is 0 Å². The molecular formula is C75H74BN3. The van der Waals surface area contributed by atoms with Crippen molar-refractivity contribution in [1.29, 1.82) is 0 Å². The molecule has 0 saturated heterocycles. The molecule has 0 spiro atoms. The van der Waals surface area contributed by atoms with Gasteiger partial charge in [0.1, 0.15) is 0 Å². The third kappa shape index (κ3) is 7.45. The quantitative estimate of drug-likeness (QED) is 0.159. The van der Waals surface area contributed by atoms with Gasteiger partial charge in [-0.1, -0.05) is 184 Å². The molecule has 2 atom stereocenters. The maximum Gasteiger partial charge on any atom is 0.252 e. The zero-order valence-corrected chi connectivity index (χ0v) is 48.6. The smallest absolute Gasteiger partial charge is 0.252 e. The standard InChI is InChI=1S/C75H74BN3/c1-47-37-68-70-69(38-47)78(64-34-29-56(72(6,7)8)43-58(64)50-23-17-14-18-24-50)66-42-54-46-73(9,10)45-53(54)41-62(66)76(70)61-31-30-57(44-67(61)77(68)63-33-28-55(39-48(63)2)71(3,4)5)79-65-32-27-52(49-21-15-13-16-22-49)40-60(65)74(11)36-35-51-25-19-20-26-59(51)75(74,79)12/h13-34,37-44H,35-36,45-46H2,1-12H3. The zero-order valence-electron chi connectivity index (χ0n) is 48.6. The molecule has 3 nitrogen and oxygen atoms in total. The van der Waals surface area contributed by atoms with Crippen LogP contribution in [0.15, 0.2) is 182 Å². The second-order valence-corrected chi connectivity index (χ2v) is 27.4. The summed E-state index contributed by atoms with van der Waals surface area (Å²) in [5.41, 5.74) is 31.3. The van der Waals surface area contributed by atoms with Crippen LogP contribution < -0.4 is 31.1 Å². The van der Waals surface area contributed by atoms with E-state index >= 15 is 0 Å². The summed E-state index contributed by atoms with van der Waals surface area (Å²) in [5.74, 6) is 0. The lowest BCUT2D eigenvalue weighted by Gasteiger charge is -2.51. The van der Waals surface area contributed by atoms with E-state index in [1.807, 2.05) is 0 Å². The van der Waals surface area contributed by atoms with Crippen molar-refractivity contribution in [3.8, 4) is 22.3 Å². The van der Waals surface area contributed by atoms with Crippen LogP contribution in [0, 0.1) is 19.3 Å². The van der Waals surface area contributed by atoms with Crippen molar-refractivity contribution in [3.63, 3.8) is 0 Å². The molecule has 0 N–H and O–H groups in total. The highest BCUT2D eigenvalue weighted by molar-refractivity contribution is 7.00. The van der Waals surface area contributed by atoms with Gasteiger partial charge in [0.2, 0.25) is 0 Å². The van der Waals surface area contributed by atoms with Gasteiger partial charge in [-0.2, -0.15) is 0 Å². The Labute approximate surface area is 471 Å². The molecule has 4 heteroatoms. The molecule has 5 aliphatic rings. The normalized spacial score (nSPS) is 19.3. The lowest BCUT2D eigenvalue weighted by atomic mass is 9.33. The van der Waals surface area contributed by atoms with E-state index in [1.54, 1.807) is 0 Å². The predicted molar refractivity (Wildman–Crippen MR) is 337 cm³/mol.